The van der Waals surface area contributed by atoms with E-state index in [4.69, 9.17) is 4.52 Å². The van der Waals surface area contributed by atoms with Gasteiger partial charge >= 0.3 is 6.03 Å². The zero-order valence-corrected chi connectivity index (χ0v) is 14.7. The zero-order valence-electron chi connectivity index (χ0n) is 14.7. The van der Waals surface area contributed by atoms with Crippen LogP contribution in [0.4, 0.5) is 10.5 Å². The summed E-state index contributed by atoms with van der Waals surface area (Å²) < 4.78 is 5.15. The van der Waals surface area contributed by atoms with Crippen molar-refractivity contribution in [3.63, 3.8) is 0 Å². The molecule has 2 amide bonds. The fourth-order valence-electron chi connectivity index (χ4n) is 3.24. The van der Waals surface area contributed by atoms with Crippen molar-refractivity contribution in [2.24, 2.45) is 0 Å². The molecule has 6 heteroatoms. The third-order valence-corrected chi connectivity index (χ3v) is 4.67. The van der Waals surface area contributed by atoms with Crippen molar-refractivity contribution in [1.82, 2.24) is 15.4 Å². The van der Waals surface area contributed by atoms with Gasteiger partial charge < -0.3 is 19.6 Å². The molecule has 1 N–H and O–H groups in total. The minimum absolute atomic E-state index is 0.0624. The van der Waals surface area contributed by atoms with E-state index in [-0.39, 0.29) is 12.1 Å². The van der Waals surface area contributed by atoms with Crippen LogP contribution < -0.4 is 10.2 Å². The summed E-state index contributed by atoms with van der Waals surface area (Å²) in [5, 5.41) is 6.94. The lowest BCUT2D eigenvalue weighted by Gasteiger charge is -2.28. The van der Waals surface area contributed by atoms with Gasteiger partial charge in [-0.3, -0.25) is 0 Å². The fraction of sp³-hybridized carbons (Fsp3) is 0.444. The van der Waals surface area contributed by atoms with Gasteiger partial charge in [0.1, 0.15) is 5.76 Å². The average Bonchev–Trinajstić information content (AvgIpc) is 2.81. The highest BCUT2D eigenvalue weighted by Gasteiger charge is 2.27. The van der Waals surface area contributed by atoms with E-state index >= 15 is 0 Å². The molecule has 1 atom stereocenters. The van der Waals surface area contributed by atoms with E-state index in [9.17, 15) is 4.79 Å². The van der Waals surface area contributed by atoms with Gasteiger partial charge in [-0.2, -0.15) is 0 Å². The molecule has 0 unspecified atom stereocenters. The van der Waals surface area contributed by atoms with Crippen LogP contribution in [-0.2, 0) is 13.1 Å². The molecule has 24 heavy (non-hydrogen) atoms. The molecule has 1 aromatic carbocycles. The van der Waals surface area contributed by atoms with Gasteiger partial charge in [0.15, 0.2) is 0 Å². The Kier molecular flexibility index (Phi) is 4.46. The standard InChI is InChI=1S/C18H24N4O2/c1-12-10-21(4)17-8-6-5-7-15(17)11-22(12)18(23)19-9-16-13(2)20-24-14(16)3/h5-8,12H,9-11H2,1-4H3,(H,19,23)/t12-/m1/s1. The van der Waals surface area contributed by atoms with Crippen LogP contribution in [0.5, 0.6) is 0 Å². The maximum atomic E-state index is 12.7. The first-order chi connectivity index (χ1) is 11.5. The Hall–Kier alpha value is -2.50. The van der Waals surface area contributed by atoms with Crippen LogP contribution in [0.25, 0.3) is 0 Å². The van der Waals surface area contributed by atoms with Crippen LogP contribution in [0.2, 0.25) is 0 Å². The predicted molar refractivity (Wildman–Crippen MR) is 92.9 cm³/mol. The molecule has 0 bridgehead atoms. The van der Waals surface area contributed by atoms with Crippen LogP contribution in [-0.4, -0.2) is 35.7 Å². The molecule has 0 radical (unpaired) electrons. The van der Waals surface area contributed by atoms with Crippen molar-refractivity contribution < 1.29 is 9.32 Å². The van der Waals surface area contributed by atoms with E-state index in [0.29, 0.717) is 13.1 Å². The van der Waals surface area contributed by atoms with Gasteiger partial charge in [-0.25, -0.2) is 4.79 Å². The second kappa shape index (κ2) is 6.55. The van der Waals surface area contributed by atoms with Gasteiger partial charge in [-0.15, -0.1) is 0 Å². The maximum Gasteiger partial charge on any atom is 0.318 e. The molecule has 6 nitrogen and oxygen atoms in total. The highest BCUT2D eigenvalue weighted by molar-refractivity contribution is 5.75. The molecular weight excluding hydrogens is 304 g/mol. The summed E-state index contributed by atoms with van der Waals surface area (Å²) in [5.41, 5.74) is 4.12. The first-order valence-corrected chi connectivity index (χ1v) is 8.22. The summed E-state index contributed by atoms with van der Waals surface area (Å²) in [6, 6.07) is 8.29. The largest absolute Gasteiger partial charge is 0.372 e. The van der Waals surface area contributed by atoms with Crippen LogP contribution in [0.1, 0.15) is 29.5 Å². The number of nitrogens with one attached hydrogen (secondary N) is 1. The SMILES string of the molecule is Cc1noc(C)c1CNC(=O)N1Cc2ccccc2N(C)C[C@H]1C. The summed E-state index contributed by atoms with van der Waals surface area (Å²) in [5.74, 6) is 0.752. The van der Waals surface area contributed by atoms with Gasteiger partial charge in [0.25, 0.3) is 0 Å². The van der Waals surface area contributed by atoms with E-state index < -0.39 is 0 Å². The highest BCUT2D eigenvalue weighted by Crippen LogP contribution is 2.26. The van der Waals surface area contributed by atoms with Crippen molar-refractivity contribution in [3.05, 3.63) is 46.8 Å². The number of para-hydroxylation sites is 1. The van der Waals surface area contributed by atoms with Crippen LogP contribution in [0.3, 0.4) is 0 Å². The fourth-order valence-corrected chi connectivity index (χ4v) is 3.24. The molecular formula is C18H24N4O2. The number of nitrogens with zero attached hydrogens (tertiary/aromatic N) is 3. The van der Waals surface area contributed by atoms with Gasteiger partial charge in [0, 0.05) is 44.0 Å². The quantitative estimate of drug-likeness (QED) is 0.921. The Bertz CT molecular complexity index is 721. The number of anilines is 1. The van der Waals surface area contributed by atoms with Crippen molar-refractivity contribution >= 4 is 11.7 Å². The van der Waals surface area contributed by atoms with E-state index in [1.807, 2.05) is 30.9 Å². The Morgan fingerprint density at radius 1 is 1.38 bits per heavy atom. The molecule has 0 fully saturated rings. The second-order valence-corrected chi connectivity index (χ2v) is 6.45. The number of hydrogen-bond donors (Lipinski definition) is 1. The summed E-state index contributed by atoms with van der Waals surface area (Å²) in [6.07, 6.45) is 0. The molecule has 0 aliphatic carbocycles. The number of rotatable bonds is 2. The number of aryl methyl sites for hydroxylation is 2. The average molecular weight is 328 g/mol. The summed E-state index contributed by atoms with van der Waals surface area (Å²) in [4.78, 5) is 16.8. The summed E-state index contributed by atoms with van der Waals surface area (Å²) in [6.45, 7) is 7.67. The van der Waals surface area contributed by atoms with Gasteiger partial charge in [-0.05, 0) is 32.4 Å². The Morgan fingerprint density at radius 3 is 2.83 bits per heavy atom. The number of likely N-dealkylation sites (N-methyl/N-ethyl adjacent to an activating group) is 1. The highest BCUT2D eigenvalue weighted by atomic mass is 16.5. The molecule has 2 aromatic rings. The minimum atomic E-state index is -0.0624. The number of hydrogen-bond acceptors (Lipinski definition) is 4. The Morgan fingerprint density at radius 2 is 2.12 bits per heavy atom. The number of benzene rings is 1. The van der Waals surface area contributed by atoms with Crippen molar-refractivity contribution in [2.45, 2.75) is 39.9 Å². The van der Waals surface area contributed by atoms with E-state index in [0.717, 1.165) is 29.1 Å². The molecule has 0 saturated carbocycles. The number of carbonyl (C=O) groups excluding carboxylic acids is 1. The molecule has 0 saturated heterocycles. The Labute approximate surface area is 142 Å². The first kappa shape index (κ1) is 16.4. The number of fused-ring (bicyclic) bond motifs is 1. The molecule has 0 spiro atoms. The molecule has 1 aliphatic rings. The lowest BCUT2D eigenvalue weighted by molar-refractivity contribution is 0.178. The minimum Gasteiger partial charge on any atom is -0.372 e. The number of amides is 2. The Balaban J connectivity index is 1.74. The predicted octanol–water partition coefficient (Wildman–Crippen LogP) is 2.84. The lowest BCUT2D eigenvalue weighted by Crippen LogP contribution is -2.46. The lowest BCUT2D eigenvalue weighted by atomic mass is 10.1. The molecule has 1 aromatic heterocycles. The van der Waals surface area contributed by atoms with Crippen LogP contribution in [0, 0.1) is 13.8 Å². The second-order valence-electron chi connectivity index (χ2n) is 6.45. The van der Waals surface area contributed by atoms with Crippen molar-refractivity contribution in [1.29, 1.82) is 0 Å². The number of carbonyl (C=O) groups is 1. The third-order valence-electron chi connectivity index (χ3n) is 4.67. The van der Waals surface area contributed by atoms with Crippen LogP contribution in [0.15, 0.2) is 28.8 Å². The van der Waals surface area contributed by atoms with Gasteiger partial charge in [0.2, 0.25) is 0 Å². The van der Waals surface area contributed by atoms with E-state index in [2.05, 4.69) is 41.5 Å². The monoisotopic (exact) mass is 328 g/mol. The molecule has 1 aliphatic heterocycles. The first-order valence-electron chi connectivity index (χ1n) is 8.22. The summed E-state index contributed by atoms with van der Waals surface area (Å²) in [7, 11) is 2.07. The molecule has 128 valence electrons. The number of aromatic nitrogens is 1. The van der Waals surface area contributed by atoms with Crippen molar-refractivity contribution in [2.75, 3.05) is 18.5 Å². The normalized spacial score (nSPS) is 17.4. The molecule has 3 rings (SSSR count). The van der Waals surface area contributed by atoms with Crippen molar-refractivity contribution in [3.8, 4) is 0 Å². The van der Waals surface area contributed by atoms with E-state index in [1.54, 1.807) is 0 Å². The smallest absolute Gasteiger partial charge is 0.318 e. The van der Waals surface area contributed by atoms with Gasteiger partial charge in [0.05, 0.1) is 5.69 Å². The van der Waals surface area contributed by atoms with Gasteiger partial charge in [-0.1, -0.05) is 23.4 Å². The van der Waals surface area contributed by atoms with E-state index in [1.165, 1.54) is 5.69 Å². The van der Waals surface area contributed by atoms with Crippen LogP contribution >= 0.6 is 0 Å². The third kappa shape index (κ3) is 3.09. The molecule has 2 heterocycles. The topological polar surface area (TPSA) is 61.6 Å². The maximum absolute atomic E-state index is 12.7. The zero-order chi connectivity index (χ0) is 17.3. The summed E-state index contributed by atoms with van der Waals surface area (Å²) >= 11 is 0. The number of urea groups is 1.